The number of aliphatic hydroxyl groups excluding tert-OH is 1. The summed E-state index contributed by atoms with van der Waals surface area (Å²) in [5.74, 6) is 1.36. The number of aliphatic hydroxyl groups is 1. The normalized spacial score (nSPS) is 15.5. The molecule has 1 aliphatic rings. The number of piperazine rings is 1. The summed E-state index contributed by atoms with van der Waals surface area (Å²) >= 11 is 0. The fourth-order valence-corrected chi connectivity index (χ4v) is 4.02. The summed E-state index contributed by atoms with van der Waals surface area (Å²) in [4.78, 5) is 26.4. The molecule has 1 amide bonds. The van der Waals surface area contributed by atoms with Crippen LogP contribution in [0, 0.1) is 19.8 Å². The molecule has 3 aromatic rings. The Morgan fingerprint density at radius 2 is 1.74 bits per heavy atom. The van der Waals surface area contributed by atoms with E-state index in [0.29, 0.717) is 26.2 Å². The number of anilines is 1. The van der Waals surface area contributed by atoms with E-state index in [4.69, 9.17) is 9.97 Å². The molecule has 2 aromatic carbocycles. The monoisotopic (exact) mass is 420 g/mol. The van der Waals surface area contributed by atoms with Crippen LogP contribution in [0.3, 0.4) is 0 Å². The van der Waals surface area contributed by atoms with Gasteiger partial charge in [0.05, 0.1) is 5.52 Å². The molecule has 2 heterocycles. The van der Waals surface area contributed by atoms with Gasteiger partial charge in [-0.05, 0) is 43.0 Å². The van der Waals surface area contributed by atoms with Crippen LogP contribution >= 0.6 is 0 Å². The molecule has 1 fully saturated rings. The molecule has 1 saturated heterocycles. The number of hydrogen-bond donors (Lipinski definition) is 1. The third kappa shape index (κ3) is 4.26. The van der Waals surface area contributed by atoms with Crippen molar-refractivity contribution in [3.63, 3.8) is 0 Å². The number of rotatable bonds is 4. The van der Waals surface area contributed by atoms with Crippen LogP contribution in [-0.2, 0) is 4.79 Å². The lowest BCUT2D eigenvalue weighted by atomic mass is 10.1. The molecule has 0 saturated carbocycles. The SMILES string of the molecule is Cc1ccc2c(N3CCN(C(=O)C(O)C(C)C)CC3)nc(-c3ccccc3C)nc2c1.[HH]. The van der Waals surface area contributed by atoms with Gasteiger partial charge in [-0.2, -0.15) is 0 Å². The van der Waals surface area contributed by atoms with Crippen molar-refractivity contribution in [3.8, 4) is 11.4 Å². The van der Waals surface area contributed by atoms with E-state index in [1.165, 1.54) is 0 Å². The van der Waals surface area contributed by atoms with Gasteiger partial charge in [-0.15, -0.1) is 0 Å². The van der Waals surface area contributed by atoms with E-state index in [2.05, 4.69) is 49.1 Å². The molecule has 1 aliphatic heterocycles. The Morgan fingerprint density at radius 1 is 1.03 bits per heavy atom. The summed E-state index contributed by atoms with van der Waals surface area (Å²) < 4.78 is 0. The van der Waals surface area contributed by atoms with Gasteiger partial charge in [0.15, 0.2) is 5.82 Å². The molecule has 31 heavy (non-hydrogen) atoms. The van der Waals surface area contributed by atoms with Gasteiger partial charge in [-0.1, -0.05) is 44.2 Å². The predicted octanol–water partition coefficient (Wildman–Crippen LogP) is 3.83. The van der Waals surface area contributed by atoms with E-state index >= 15 is 0 Å². The lowest BCUT2D eigenvalue weighted by Gasteiger charge is -2.37. The maximum absolute atomic E-state index is 12.5. The number of nitrogens with zero attached hydrogens (tertiary/aromatic N) is 4. The Balaban J connectivity index is 0.00000289. The van der Waals surface area contributed by atoms with E-state index in [-0.39, 0.29) is 13.3 Å². The molecule has 164 valence electrons. The number of aromatic nitrogens is 2. The molecular formula is C25H32N4O2. The smallest absolute Gasteiger partial charge is 0.251 e. The Labute approximate surface area is 185 Å². The number of fused-ring (bicyclic) bond motifs is 1. The van der Waals surface area contributed by atoms with Crippen molar-refractivity contribution in [2.45, 2.75) is 33.8 Å². The van der Waals surface area contributed by atoms with Crippen molar-refractivity contribution in [2.24, 2.45) is 5.92 Å². The summed E-state index contributed by atoms with van der Waals surface area (Å²) in [5, 5.41) is 11.2. The summed E-state index contributed by atoms with van der Waals surface area (Å²) in [6.07, 6.45) is -0.943. The minimum Gasteiger partial charge on any atom is -0.383 e. The Morgan fingerprint density at radius 3 is 2.42 bits per heavy atom. The molecule has 1 unspecified atom stereocenters. The average molecular weight is 421 g/mol. The molecule has 4 rings (SSSR count). The van der Waals surface area contributed by atoms with Crippen LogP contribution in [0.4, 0.5) is 5.82 Å². The van der Waals surface area contributed by atoms with Gasteiger partial charge in [-0.25, -0.2) is 9.97 Å². The fourth-order valence-electron chi connectivity index (χ4n) is 4.02. The van der Waals surface area contributed by atoms with E-state index in [0.717, 1.165) is 39.2 Å². The van der Waals surface area contributed by atoms with Crippen molar-refractivity contribution in [2.75, 3.05) is 31.1 Å². The van der Waals surface area contributed by atoms with Gasteiger partial charge < -0.3 is 14.9 Å². The maximum Gasteiger partial charge on any atom is 0.251 e. The van der Waals surface area contributed by atoms with Crippen LogP contribution in [0.15, 0.2) is 42.5 Å². The Kier molecular flexibility index (Phi) is 5.92. The highest BCUT2D eigenvalue weighted by Gasteiger charge is 2.29. The second-order valence-corrected chi connectivity index (χ2v) is 8.71. The summed E-state index contributed by atoms with van der Waals surface area (Å²) in [6, 6.07) is 14.4. The molecule has 0 spiro atoms. The van der Waals surface area contributed by atoms with Crippen molar-refractivity contribution in [1.29, 1.82) is 0 Å². The van der Waals surface area contributed by atoms with Gasteiger partial charge in [0.25, 0.3) is 5.91 Å². The molecule has 1 atom stereocenters. The fraction of sp³-hybridized carbons (Fsp3) is 0.400. The molecule has 0 bridgehead atoms. The first-order valence-electron chi connectivity index (χ1n) is 10.9. The number of amides is 1. The first-order chi connectivity index (χ1) is 14.8. The van der Waals surface area contributed by atoms with Gasteiger partial charge in [-0.3, -0.25) is 4.79 Å². The minimum absolute atomic E-state index is 0. The number of hydrogen-bond acceptors (Lipinski definition) is 5. The Hall–Kier alpha value is -2.99. The lowest BCUT2D eigenvalue weighted by Crippen LogP contribution is -2.52. The van der Waals surface area contributed by atoms with Crippen LogP contribution < -0.4 is 4.90 Å². The highest BCUT2D eigenvalue weighted by molar-refractivity contribution is 5.92. The third-order valence-corrected chi connectivity index (χ3v) is 5.99. The van der Waals surface area contributed by atoms with Gasteiger partial charge >= 0.3 is 0 Å². The maximum atomic E-state index is 12.5. The number of aryl methyl sites for hydroxylation is 2. The predicted molar refractivity (Wildman–Crippen MR) is 126 cm³/mol. The Bertz CT molecular complexity index is 1110. The van der Waals surface area contributed by atoms with Crippen molar-refractivity contribution < 1.29 is 11.3 Å². The second-order valence-electron chi connectivity index (χ2n) is 8.71. The zero-order valence-electron chi connectivity index (χ0n) is 18.7. The molecule has 1 N–H and O–H groups in total. The first kappa shape index (κ1) is 21.2. The minimum atomic E-state index is -0.943. The highest BCUT2D eigenvalue weighted by Crippen LogP contribution is 2.30. The standard InChI is InChI=1S/C25H30N4O2.H2/c1-16(2)22(30)25(31)29-13-11-28(12-14-29)24-20-10-9-17(3)15-21(20)26-23(27-24)19-8-6-5-7-18(19)4;/h5-10,15-16,22,30H,11-14H2,1-4H3;1H. The van der Waals surface area contributed by atoms with Crippen LogP contribution in [-0.4, -0.2) is 58.2 Å². The molecule has 6 heteroatoms. The third-order valence-electron chi connectivity index (χ3n) is 5.99. The van der Waals surface area contributed by atoms with Gasteiger partial charge in [0.2, 0.25) is 0 Å². The zero-order valence-corrected chi connectivity index (χ0v) is 18.7. The average Bonchev–Trinajstić information content (AvgIpc) is 2.77. The summed E-state index contributed by atoms with van der Waals surface area (Å²) in [7, 11) is 0. The van der Waals surface area contributed by atoms with Gasteiger partial charge in [0.1, 0.15) is 11.9 Å². The highest BCUT2D eigenvalue weighted by atomic mass is 16.3. The van der Waals surface area contributed by atoms with E-state index < -0.39 is 6.10 Å². The van der Waals surface area contributed by atoms with Crippen LogP contribution in [0.2, 0.25) is 0 Å². The summed E-state index contributed by atoms with van der Waals surface area (Å²) in [5.41, 5.74) is 4.25. The number of benzene rings is 2. The largest absolute Gasteiger partial charge is 0.383 e. The molecule has 1 aromatic heterocycles. The van der Waals surface area contributed by atoms with E-state index in [1.807, 2.05) is 26.0 Å². The van der Waals surface area contributed by atoms with Crippen LogP contribution in [0.1, 0.15) is 26.4 Å². The van der Waals surface area contributed by atoms with E-state index in [9.17, 15) is 9.90 Å². The lowest BCUT2D eigenvalue weighted by molar-refractivity contribution is -0.142. The first-order valence-corrected chi connectivity index (χ1v) is 10.9. The molecular weight excluding hydrogens is 388 g/mol. The van der Waals surface area contributed by atoms with Crippen LogP contribution in [0.25, 0.3) is 22.3 Å². The molecule has 0 radical (unpaired) electrons. The van der Waals surface area contributed by atoms with Crippen molar-refractivity contribution in [3.05, 3.63) is 53.6 Å². The molecule has 0 aliphatic carbocycles. The van der Waals surface area contributed by atoms with Gasteiger partial charge in [0, 0.05) is 38.6 Å². The zero-order chi connectivity index (χ0) is 22.1. The van der Waals surface area contributed by atoms with Crippen LogP contribution in [0.5, 0.6) is 0 Å². The second kappa shape index (κ2) is 8.63. The number of carbonyl (C=O) groups is 1. The molecule has 6 nitrogen and oxygen atoms in total. The van der Waals surface area contributed by atoms with Crippen molar-refractivity contribution in [1.82, 2.24) is 14.9 Å². The summed E-state index contributed by atoms with van der Waals surface area (Å²) in [6.45, 7) is 10.3. The number of carbonyl (C=O) groups excluding carboxylic acids is 1. The van der Waals surface area contributed by atoms with E-state index in [1.54, 1.807) is 4.90 Å². The van der Waals surface area contributed by atoms with Crippen molar-refractivity contribution >= 4 is 22.6 Å². The quantitative estimate of drug-likeness (QED) is 0.695. The topological polar surface area (TPSA) is 69.6 Å².